The molecular weight excluding hydrogens is 540 g/mol. The van der Waals surface area contributed by atoms with E-state index in [9.17, 15) is 19.8 Å². The van der Waals surface area contributed by atoms with Gasteiger partial charge in [0, 0.05) is 12.8 Å². The summed E-state index contributed by atoms with van der Waals surface area (Å²) < 4.78 is 10.1. The zero-order chi connectivity index (χ0) is 31.6. The maximum absolute atomic E-state index is 11.8. The van der Waals surface area contributed by atoms with Gasteiger partial charge in [0.25, 0.3) is 0 Å². The summed E-state index contributed by atoms with van der Waals surface area (Å²) in [7, 11) is 0. The molecule has 0 spiro atoms. The molecule has 0 aromatic heterocycles. The van der Waals surface area contributed by atoms with Crippen LogP contribution in [0.4, 0.5) is 0 Å². The third kappa shape index (κ3) is 33.1. The Kier molecular flexibility index (Phi) is 32.0. The average Bonchev–Trinajstić information content (AvgIpc) is 2.99. The first-order chi connectivity index (χ1) is 21.0. The topological polar surface area (TPSA) is 93.1 Å². The Hall–Kier alpha value is -1.66. The maximum Gasteiger partial charge on any atom is 0.308 e. The van der Waals surface area contributed by atoms with Crippen molar-refractivity contribution in [3.8, 4) is 0 Å². The molecule has 0 aliphatic carbocycles. The smallest absolute Gasteiger partial charge is 0.308 e. The van der Waals surface area contributed by atoms with Crippen molar-refractivity contribution in [2.24, 2.45) is 0 Å². The molecule has 252 valence electrons. The molecule has 43 heavy (non-hydrogen) atoms. The van der Waals surface area contributed by atoms with Gasteiger partial charge in [0.1, 0.15) is 0 Å². The zero-order valence-electron chi connectivity index (χ0n) is 28.1. The van der Waals surface area contributed by atoms with E-state index in [-0.39, 0.29) is 30.9 Å². The van der Waals surface area contributed by atoms with Crippen LogP contribution in [-0.2, 0) is 19.1 Å². The first-order valence-corrected chi connectivity index (χ1v) is 18.0. The number of aliphatic hydroxyl groups is 2. The molecule has 0 aliphatic rings. The number of rotatable bonds is 32. The van der Waals surface area contributed by atoms with Gasteiger partial charge in [-0.3, -0.25) is 9.59 Å². The molecule has 2 N–H and O–H groups in total. The van der Waals surface area contributed by atoms with Crippen molar-refractivity contribution in [2.45, 2.75) is 193 Å². The van der Waals surface area contributed by atoms with Gasteiger partial charge in [-0.15, -0.1) is 0 Å². The fraction of sp³-hybridized carbons (Fsp3) is 0.838. The third-order valence-corrected chi connectivity index (χ3v) is 7.87. The fourth-order valence-electron chi connectivity index (χ4n) is 5.02. The monoisotopic (exact) mass is 609 g/mol. The molecule has 0 aromatic rings. The number of ether oxygens (including phenoxy) is 2. The number of allylic oxidation sites excluding steroid dienone is 2. The number of hydrogen-bond donors (Lipinski definition) is 2. The summed E-state index contributed by atoms with van der Waals surface area (Å²) in [6, 6.07) is 0. The van der Waals surface area contributed by atoms with Crippen LogP contribution in [0.3, 0.4) is 0 Å². The molecule has 0 saturated heterocycles. The summed E-state index contributed by atoms with van der Waals surface area (Å²) in [5.74, 6) is -0.612. The van der Waals surface area contributed by atoms with Crippen LogP contribution >= 0.6 is 0 Å². The molecule has 0 rings (SSSR count). The van der Waals surface area contributed by atoms with E-state index < -0.39 is 0 Å². The molecule has 6 heteroatoms. The Balaban J connectivity index is 3.45. The van der Waals surface area contributed by atoms with Crippen LogP contribution in [0.2, 0.25) is 0 Å². The van der Waals surface area contributed by atoms with Gasteiger partial charge in [-0.1, -0.05) is 128 Å². The van der Waals surface area contributed by atoms with Gasteiger partial charge in [-0.05, 0) is 64.2 Å². The van der Waals surface area contributed by atoms with Crippen molar-refractivity contribution in [2.75, 3.05) is 6.79 Å². The number of esters is 2. The quantitative estimate of drug-likeness (QED) is 0.0342. The molecule has 0 amide bonds. The Morgan fingerprint density at radius 1 is 0.512 bits per heavy atom. The molecule has 0 saturated carbocycles. The number of carbonyl (C=O) groups excluding carboxylic acids is 2. The lowest BCUT2D eigenvalue weighted by Crippen LogP contribution is -2.12. The minimum atomic E-state index is -0.306. The number of aliphatic hydroxyl groups excluding tert-OH is 2. The first-order valence-electron chi connectivity index (χ1n) is 18.0. The standard InChI is InChI=1S/C37H68O6/c1-3-5-7-21-27-34(38)29-23-17-13-9-11-15-19-25-31-36(40)42-33-43-37(41)32-26-20-16-12-10-14-18-24-30-35(39)28-22-8-6-4-2/h17-18,23-24,34-35,38-39H,3-16,19-22,25-33H2,1-2H3/t34-,35+. The number of carbonyl (C=O) groups is 2. The minimum Gasteiger partial charge on any atom is -0.428 e. The summed E-state index contributed by atoms with van der Waals surface area (Å²) >= 11 is 0. The molecule has 2 atom stereocenters. The predicted octanol–water partition coefficient (Wildman–Crippen LogP) is 10.0. The van der Waals surface area contributed by atoms with Crippen LogP contribution in [-0.4, -0.2) is 41.2 Å². The van der Waals surface area contributed by atoms with E-state index >= 15 is 0 Å². The first kappa shape index (κ1) is 41.3. The summed E-state index contributed by atoms with van der Waals surface area (Å²) in [4.78, 5) is 23.7. The number of unbranched alkanes of at least 4 members (excludes halogenated alkanes) is 16. The van der Waals surface area contributed by atoms with Gasteiger partial charge in [0.05, 0.1) is 12.2 Å². The highest BCUT2D eigenvalue weighted by molar-refractivity contribution is 5.70. The van der Waals surface area contributed by atoms with Crippen LogP contribution in [0.5, 0.6) is 0 Å². The fourth-order valence-corrected chi connectivity index (χ4v) is 5.02. The van der Waals surface area contributed by atoms with E-state index in [2.05, 4.69) is 38.2 Å². The Morgan fingerprint density at radius 2 is 0.884 bits per heavy atom. The lowest BCUT2D eigenvalue weighted by molar-refractivity contribution is -0.167. The van der Waals surface area contributed by atoms with E-state index in [1.54, 1.807) is 0 Å². The molecular formula is C37H68O6. The maximum atomic E-state index is 11.8. The Bertz CT molecular complexity index is 618. The lowest BCUT2D eigenvalue weighted by Gasteiger charge is -2.07. The normalized spacial score (nSPS) is 13.1. The van der Waals surface area contributed by atoms with Crippen molar-refractivity contribution in [3.05, 3.63) is 24.3 Å². The molecule has 0 radical (unpaired) electrons. The van der Waals surface area contributed by atoms with Gasteiger partial charge < -0.3 is 19.7 Å². The summed E-state index contributed by atoms with van der Waals surface area (Å²) in [6.07, 6.45) is 34.3. The SMILES string of the molecule is CCCCCC[C@H](O)CC=CCCCCCCCC(=O)OCOC(=O)CCCCCCCC=CC[C@H](O)CCCCCC. The highest BCUT2D eigenvalue weighted by Crippen LogP contribution is 2.12. The second kappa shape index (κ2) is 33.2. The van der Waals surface area contributed by atoms with Crippen LogP contribution in [0.1, 0.15) is 181 Å². The molecule has 0 unspecified atom stereocenters. The van der Waals surface area contributed by atoms with E-state index in [1.807, 2.05) is 0 Å². The minimum absolute atomic E-state index is 0.202. The van der Waals surface area contributed by atoms with Gasteiger partial charge in [0.2, 0.25) is 6.79 Å². The zero-order valence-corrected chi connectivity index (χ0v) is 28.1. The van der Waals surface area contributed by atoms with Gasteiger partial charge in [0.15, 0.2) is 0 Å². The van der Waals surface area contributed by atoms with Crippen molar-refractivity contribution in [1.82, 2.24) is 0 Å². The molecule has 6 nitrogen and oxygen atoms in total. The molecule has 0 aromatic carbocycles. The molecule has 0 aliphatic heterocycles. The van der Waals surface area contributed by atoms with Crippen molar-refractivity contribution < 1.29 is 29.3 Å². The van der Waals surface area contributed by atoms with Gasteiger partial charge in [-0.2, -0.15) is 0 Å². The summed E-state index contributed by atoms with van der Waals surface area (Å²) in [5, 5.41) is 19.9. The van der Waals surface area contributed by atoms with Crippen LogP contribution < -0.4 is 0 Å². The average molecular weight is 609 g/mol. The van der Waals surface area contributed by atoms with Gasteiger partial charge in [-0.25, -0.2) is 0 Å². The predicted molar refractivity (Wildman–Crippen MR) is 179 cm³/mol. The highest BCUT2D eigenvalue weighted by atomic mass is 16.7. The van der Waals surface area contributed by atoms with E-state index in [4.69, 9.17) is 9.47 Å². The molecule has 0 heterocycles. The third-order valence-electron chi connectivity index (χ3n) is 7.87. The second-order valence-corrected chi connectivity index (χ2v) is 12.2. The van der Waals surface area contributed by atoms with Crippen LogP contribution in [0.25, 0.3) is 0 Å². The Morgan fingerprint density at radius 3 is 1.30 bits per heavy atom. The van der Waals surface area contributed by atoms with E-state index in [0.29, 0.717) is 12.8 Å². The van der Waals surface area contributed by atoms with Crippen molar-refractivity contribution in [3.63, 3.8) is 0 Å². The summed E-state index contributed by atoms with van der Waals surface area (Å²) in [5.41, 5.74) is 0. The van der Waals surface area contributed by atoms with Crippen molar-refractivity contribution in [1.29, 1.82) is 0 Å². The largest absolute Gasteiger partial charge is 0.428 e. The van der Waals surface area contributed by atoms with Gasteiger partial charge >= 0.3 is 11.9 Å². The van der Waals surface area contributed by atoms with Crippen molar-refractivity contribution >= 4 is 11.9 Å². The Labute approximate surface area is 265 Å². The van der Waals surface area contributed by atoms with Crippen LogP contribution in [0, 0.1) is 0 Å². The highest BCUT2D eigenvalue weighted by Gasteiger charge is 2.07. The lowest BCUT2D eigenvalue weighted by atomic mass is 10.1. The summed E-state index contributed by atoms with van der Waals surface area (Å²) in [6.45, 7) is 4.12. The van der Waals surface area contributed by atoms with E-state index in [1.165, 1.54) is 38.5 Å². The molecule has 0 fully saturated rings. The number of hydrogen-bond acceptors (Lipinski definition) is 6. The van der Waals surface area contributed by atoms with Crippen LogP contribution in [0.15, 0.2) is 24.3 Å². The van der Waals surface area contributed by atoms with E-state index in [0.717, 1.165) is 116 Å². The molecule has 0 bridgehead atoms. The second-order valence-electron chi connectivity index (χ2n) is 12.2.